The van der Waals surface area contributed by atoms with Crippen LogP contribution < -0.4 is 0 Å². The van der Waals surface area contributed by atoms with Crippen LogP contribution in [0.3, 0.4) is 0 Å². The molecule has 5 nitrogen and oxygen atoms in total. The Labute approximate surface area is 306 Å². The van der Waals surface area contributed by atoms with Crippen molar-refractivity contribution in [3.8, 4) is 39.9 Å². The van der Waals surface area contributed by atoms with E-state index in [9.17, 15) is 2.74 Å². The van der Waals surface area contributed by atoms with Gasteiger partial charge in [-0.25, -0.2) is 15.0 Å². The van der Waals surface area contributed by atoms with E-state index in [0.717, 1.165) is 43.4 Å². The highest BCUT2D eigenvalue weighted by Crippen LogP contribution is 2.43. The van der Waals surface area contributed by atoms with Gasteiger partial charge in [0.1, 0.15) is 11.2 Å². The Morgan fingerprint density at radius 1 is 0.462 bits per heavy atom. The fourth-order valence-corrected chi connectivity index (χ4v) is 7.46. The van der Waals surface area contributed by atoms with E-state index in [0.29, 0.717) is 22.8 Å². The molecule has 242 valence electrons. The molecule has 0 bridgehead atoms. The van der Waals surface area contributed by atoms with E-state index >= 15 is 0 Å². The van der Waals surface area contributed by atoms with Gasteiger partial charge in [0.15, 0.2) is 17.5 Å². The first-order chi connectivity index (χ1) is 28.3. The van der Waals surface area contributed by atoms with E-state index < -0.39 is 12.1 Å². The molecule has 0 unspecified atom stereocenters. The predicted molar refractivity (Wildman–Crippen MR) is 213 cm³/mol. The van der Waals surface area contributed by atoms with Gasteiger partial charge in [0.2, 0.25) is 0 Å². The number of hydrogen-bond donors (Lipinski definition) is 0. The van der Waals surface area contributed by atoms with Crippen molar-refractivity contribution in [2.24, 2.45) is 0 Å². The van der Waals surface area contributed by atoms with Gasteiger partial charge in [0, 0.05) is 44.3 Å². The number of nitrogens with zero attached hydrogens (tertiary/aromatic N) is 4. The van der Waals surface area contributed by atoms with Gasteiger partial charge in [-0.15, -0.1) is 0 Å². The van der Waals surface area contributed by atoms with Crippen LogP contribution in [0.5, 0.6) is 0 Å². The number of rotatable bonds is 4. The van der Waals surface area contributed by atoms with Crippen LogP contribution in [-0.2, 0) is 0 Å². The molecule has 0 aliphatic rings. The van der Waals surface area contributed by atoms with Crippen molar-refractivity contribution in [1.82, 2.24) is 19.5 Å². The molecular weight excluding hydrogens is 637 g/mol. The molecule has 0 radical (unpaired) electrons. The summed E-state index contributed by atoms with van der Waals surface area (Å²) in [6.07, 6.45) is 0. The van der Waals surface area contributed by atoms with Gasteiger partial charge in [-0.2, -0.15) is 0 Å². The van der Waals surface area contributed by atoms with Crippen LogP contribution in [-0.4, -0.2) is 19.5 Å². The summed E-state index contributed by atoms with van der Waals surface area (Å²) in [7, 11) is 0. The maximum absolute atomic E-state index is 10.3. The Morgan fingerprint density at radius 2 is 1.00 bits per heavy atom. The van der Waals surface area contributed by atoms with Crippen molar-refractivity contribution in [1.29, 1.82) is 0 Å². The second kappa shape index (κ2) is 11.2. The highest BCUT2D eigenvalue weighted by atomic mass is 16.3. The monoisotopic (exact) mass is 670 g/mol. The number of furan rings is 1. The van der Waals surface area contributed by atoms with Crippen LogP contribution in [0, 0.1) is 0 Å². The number of aromatic nitrogens is 4. The van der Waals surface area contributed by atoms with Crippen LogP contribution in [0.1, 0.15) is 8.22 Å². The number of para-hydroxylation sites is 1. The zero-order valence-corrected chi connectivity index (χ0v) is 27.4. The number of benzene rings is 8. The van der Waals surface area contributed by atoms with Crippen LogP contribution in [0.25, 0.3) is 105 Å². The Balaban J connectivity index is 1.36. The molecule has 52 heavy (non-hydrogen) atoms. The lowest BCUT2D eigenvalue weighted by Gasteiger charge is -2.13. The summed E-state index contributed by atoms with van der Waals surface area (Å²) in [4.78, 5) is 14.9. The Morgan fingerprint density at radius 3 is 1.62 bits per heavy atom. The molecule has 0 atom stereocenters. The number of hydrogen-bond acceptors (Lipinski definition) is 4. The summed E-state index contributed by atoms with van der Waals surface area (Å²) in [6, 6.07) is 41.4. The van der Waals surface area contributed by atoms with Crippen molar-refractivity contribution in [2.75, 3.05) is 0 Å². The molecule has 3 heterocycles. The SMILES string of the molecule is [2H]c1c([2H])c([2H])c2c(oc3c([2H])c(-n4c5ccc6ccccc6c5c5c6ccccc6ccc54)c([2H])c(-c4nc(-c5ccccc5)nc(-c5ccccc5)n4)c32)c1[2H]. The van der Waals surface area contributed by atoms with Gasteiger partial charge >= 0.3 is 0 Å². The minimum atomic E-state index is -0.463. The molecule has 8 aromatic carbocycles. The van der Waals surface area contributed by atoms with E-state index in [1.165, 1.54) is 0 Å². The molecule has 0 saturated heterocycles. The summed E-state index contributed by atoms with van der Waals surface area (Å²) in [5, 5.41) is 6.26. The number of fused-ring (bicyclic) bond motifs is 10. The molecule has 0 spiro atoms. The molecule has 0 amide bonds. The van der Waals surface area contributed by atoms with E-state index in [-0.39, 0.29) is 63.2 Å². The van der Waals surface area contributed by atoms with Crippen molar-refractivity contribution in [3.05, 3.63) is 170 Å². The van der Waals surface area contributed by atoms with Crippen LogP contribution >= 0.6 is 0 Å². The molecule has 0 aliphatic carbocycles. The molecule has 0 fully saturated rings. The van der Waals surface area contributed by atoms with Gasteiger partial charge in [-0.05, 0) is 45.8 Å². The van der Waals surface area contributed by atoms with Crippen LogP contribution in [0.4, 0.5) is 0 Å². The fourth-order valence-electron chi connectivity index (χ4n) is 7.46. The van der Waals surface area contributed by atoms with Crippen molar-refractivity contribution >= 4 is 65.3 Å². The smallest absolute Gasteiger partial charge is 0.164 e. The Hall–Kier alpha value is -7.11. The van der Waals surface area contributed by atoms with E-state index in [4.69, 9.17) is 24.9 Å². The molecule has 3 aromatic heterocycles. The predicted octanol–water partition coefficient (Wildman–Crippen LogP) is 12.2. The zero-order valence-electron chi connectivity index (χ0n) is 33.4. The maximum Gasteiger partial charge on any atom is 0.164 e. The lowest BCUT2D eigenvalue weighted by atomic mass is 10.00. The van der Waals surface area contributed by atoms with Crippen molar-refractivity contribution in [2.45, 2.75) is 0 Å². The molecule has 0 aliphatic heterocycles. The summed E-state index contributed by atoms with van der Waals surface area (Å²) in [5.41, 5.74) is 3.16. The lowest BCUT2D eigenvalue weighted by molar-refractivity contribution is 0.668. The molecule has 11 rings (SSSR count). The first-order valence-corrected chi connectivity index (χ1v) is 17.0. The molecule has 0 saturated carbocycles. The largest absolute Gasteiger partial charge is 0.456 e. The van der Waals surface area contributed by atoms with Crippen molar-refractivity contribution in [3.63, 3.8) is 0 Å². The van der Waals surface area contributed by atoms with E-state index in [1.54, 1.807) is 0 Å². The second-order valence-electron chi connectivity index (χ2n) is 12.7. The Bertz CT molecular complexity index is 3380. The summed E-state index contributed by atoms with van der Waals surface area (Å²) < 4.78 is 63.7. The molecule has 5 heteroatoms. The molecular formula is C47H28N4O. The first-order valence-electron chi connectivity index (χ1n) is 20.0. The topological polar surface area (TPSA) is 56.7 Å². The van der Waals surface area contributed by atoms with Gasteiger partial charge in [0.05, 0.1) is 24.9 Å². The van der Waals surface area contributed by atoms with Crippen LogP contribution in [0.2, 0.25) is 0 Å². The molecule has 0 N–H and O–H groups in total. The quantitative estimate of drug-likeness (QED) is 0.187. The zero-order chi connectivity index (χ0) is 39.4. The maximum atomic E-state index is 10.3. The summed E-state index contributed by atoms with van der Waals surface area (Å²) >= 11 is 0. The average molecular weight is 671 g/mol. The van der Waals surface area contributed by atoms with Gasteiger partial charge in [-0.3, -0.25) is 0 Å². The molecule has 11 aromatic rings. The average Bonchev–Trinajstić information content (AvgIpc) is 3.83. The van der Waals surface area contributed by atoms with Gasteiger partial charge in [0.25, 0.3) is 0 Å². The lowest BCUT2D eigenvalue weighted by Crippen LogP contribution is -2.01. The van der Waals surface area contributed by atoms with Crippen molar-refractivity contribution < 1.29 is 12.6 Å². The fraction of sp³-hybridized carbons (Fsp3) is 0. The highest BCUT2D eigenvalue weighted by Gasteiger charge is 2.22. The van der Waals surface area contributed by atoms with Crippen LogP contribution in [0.15, 0.2) is 174 Å². The van der Waals surface area contributed by atoms with Gasteiger partial charge < -0.3 is 8.98 Å². The third-order valence-electron chi connectivity index (χ3n) is 9.75. The highest BCUT2D eigenvalue weighted by molar-refractivity contribution is 6.28. The summed E-state index contributed by atoms with van der Waals surface area (Å²) in [5.74, 6) is 0.784. The minimum absolute atomic E-state index is 0.0116. The Kier molecular flexibility index (Phi) is 5.03. The minimum Gasteiger partial charge on any atom is -0.456 e. The third kappa shape index (κ3) is 4.33. The summed E-state index contributed by atoms with van der Waals surface area (Å²) in [6.45, 7) is 0. The van der Waals surface area contributed by atoms with Gasteiger partial charge in [-0.1, -0.05) is 139 Å². The second-order valence-corrected chi connectivity index (χ2v) is 12.7. The standard InChI is InChI=1S/C47H28N4O/c1-3-15-31(16-4-1)45-48-46(32-17-5-2-6-18-32)50-47(49-45)37-27-33(28-41-42(37)36-21-11-12-22-40(36)52-41)51-38-25-23-29-13-7-9-19-34(29)43(38)44-35-20-10-8-14-30(35)24-26-39(44)51/h1-28H/i11D,12D,21D,22D,27D,28D. The first kappa shape index (κ1) is 23.3. The normalized spacial score (nSPS) is 13.5. The third-order valence-corrected chi connectivity index (χ3v) is 9.75. The van der Waals surface area contributed by atoms with E-state index in [2.05, 4.69) is 24.3 Å². The van der Waals surface area contributed by atoms with E-state index in [1.807, 2.05) is 114 Å².